The second kappa shape index (κ2) is 4.91. The smallest absolute Gasteiger partial charge is 0.289 e. The summed E-state index contributed by atoms with van der Waals surface area (Å²) in [6.45, 7) is 3.88. The summed E-state index contributed by atoms with van der Waals surface area (Å²) in [5.74, 6) is 0.903. The Morgan fingerprint density at radius 2 is 1.79 bits per heavy atom. The van der Waals surface area contributed by atoms with Crippen LogP contribution in [0.4, 0.5) is 5.95 Å². The molecule has 7 heteroatoms. The average Bonchev–Trinajstić information content (AvgIpc) is 3.00. The van der Waals surface area contributed by atoms with Gasteiger partial charge < -0.3 is 5.32 Å². The number of rotatable bonds is 3. The number of anilines is 1. The molecular weight excluding hydrogens is 242 g/mol. The van der Waals surface area contributed by atoms with E-state index >= 15 is 0 Å². The predicted molar refractivity (Wildman–Crippen MR) is 70.1 cm³/mol. The SMILES string of the molecule is Cc1cc(C)n(-c2nnc(NC3CCCC3)nn2)n1. The van der Waals surface area contributed by atoms with E-state index in [1.165, 1.54) is 25.7 Å². The Labute approximate surface area is 111 Å². The maximum Gasteiger partial charge on any atom is 0.289 e. The van der Waals surface area contributed by atoms with E-state index in [-0.39, 0.29) is 0 Å². The van der Waals surface area contributed by atoms with Crippen LogP contribution in [0.1, 0.15) is 37.1 Å². The summed E-state index contributed by atoms with van der Waals surface area (Å²) < 4.78 is 1.65. The van der Waals surface area contributed by atoms with Crippen molar-refractivity contribution in [3.63, 3.8) is 0 Å². The number of aryl methyl sites for hydroxylation is 2. The lowest BCUT2D eigenvalue weighted by atomic mass is 10.3. The maximum absolute atomic E-state index is 4.30. The molecule has 1 saturated carbocycles. The number of nitrogens with zero attached hydrogens (tertiary/aromatic N) is 6. The standard InChI is InChI=1S/C12H17N7/c1-8-7-9(2)19(18-8)12-16-14-11(15-17-12)13-10-5-3-4-6-10/h7,10H,3-6H2,1-2H3,(H,13,14,15). The van der Waals surface area contributed by atoms with Crippen molar-refractivity contribution < 1.29 is 0 Å². The molecule has 0 aromatic carbocycles. The minimum absolute atomic E-state index is 0.405. The molecule has 0 aliphatic heterocycles. The molecule has 0 saturated heterocycles. The second-order valence-electron chi connectivity index (χ2n) is 4.99. The second-order valence-corrected chi connectivity index (χ2v) is 4.99. The van der Waals surface area contributed by atoms with Crippen molar-refractivity contribution in [2.24, 2.45) is 0 Å². The van der Waals surface area contributed by atoms with Crippen molar-refractivity contribution in [1.82, 2.24) is 30.2 Å². The zero-order chi connectivity index (χ0) is 13.2. The monoisotopic (exact) mass is 259 g/mol. The minimum atomic E-state index is 0.405. The largest absolute Gasteiger partial charge is 0.349 e. The van der Waals surface area contributed by atoms with E-state index in [0.29, 0.717) is 17.9 Å². The van der Waals surface area contributed by atoms with Gasteiger partial charge in [-0.05, 0) is 32.8 Å². The average molecular weight is 259 g/mol. The third-order valence-corrected chi connectivity index (χ3v) is 3.36. The molecule has 1 fully saturated rings. The Bertz CT molecular complexity index is 554. The normalized spacial score (nSPS) is 15.9. The molecule has 0 amide bonds. The van der Waals surface area contributed by atoms with Gasteiger partial charge in [0.2, 0.25) is 0 Å². The van der Waals surface area contributed by atoms with Gasteiger partial charge in [0, 0.05) is 11.7 Å². The van der Waals surface area contributed by atoms with Crippen molar-refractivity contribution >= 4 is 5.95 Å². The molecule has 0 atom stereocenters. The van der Waals surface area contributed by atoms with Crippen molar-refractivity contribution in [3.05, 3.63) is 17.5 Å². The van der Waals surface area contributed by atoms with E-state index in [1.54, 1.807) is 4.68 Å². The van der Waals surface area contributed by atoms with Crippen LogP contribution in [-0.2, 0) is 0 Å². The Morgan fingerprint density at radius 3 is 2.37 bits per heavy atom. The molecule has 0 unspecified atom stereocenters. The molecule has 0 spiro atoms. The summed E-state index contributed by atoms with van der Waals surface area (Å²) in [4.78, 5) is 0. The fourth-order valence-corrected chi connectivity index (χ4v) is 2.45. The van der Waals surface area contributed by atoms with Crippen LogP contribution in [0.25, 0.3) is 5.95 Å². The topological polar surface area (TPSA) is 81.4 Å². The van der Waals surface area contributed by atoms with E-state index in [2.05, 4.69) is 30.8 Å². The molecule has 100 valence electrons. The van der Waals surface area contributed by atoms with Gasteiger partial charge in [0.15, 0.2) is 0 Å². The lowest BCUT2D eigenvalue weighted by Crippen LogP contribution is -2.18. The van der Waals surface area contributed by atoms with Crippen LogP contribution in [0.15, 0.2) is 6.07 Å². The molecule has 2 aromatic rings. The van der Waals surface area contributed by atoms with Gasteiger partial charge in [0.05, 0.1) is 5.69 Å². The van der Waals surface area contributed by atoms with Gasteiger partial charge in [0.1, 0.15) is 0 Å². The number of hydrogen-bond donors (Lipinski definition) is 1. The summed E-state index contributed by atoms with van der Waals surface area (Å²) in [5, 5.41) is 23.9. The van der Waals surface area contributed by atoms with Crippen LogP contribution in [0.5, 0.6) is 0 Å². The van der Waals surface area contributed by atoms with Crippen LogP contribution in [-0.4, -0.2) is 36.2 Å². The number of hydrogen-bond acceptors (Lipinski definition) is 6. The maximum atomic E-state index is 4.30. The molecule has 1 aliphatic rings. The molecule has 19 heavy (non-hydrogen) atoms. The molecular formula is C12H17N7. The van der Waals surface area contributed by atoms with Gasteiger partial charge in [-0.25, -0.2) is 4.68 Å². The summed E-state index contributed by atoms with van der Waals surface area (Å²) in [6, 6.07) is 2.43. The summed E-state index contributed by atoms with van der Waals surface area (Å²) in [6.07, 6.45) is 4.87. The van der Waals surface area contributed by atoms with E-state index in [4.69, 9.17) is 0 Å². The third-order valence-electron chi connectivity index (χ3n) is 3.36. The first-order valence-electron chi connectivity index (χ1n) is 6.60. The highest BCUT2D eigenvalue weighted by Gasteiger charge is 2.16. The van der Waals surface area contributed by atoms with Crippen LogP contribution in [0.2, 0.25) is 0 Å². The zero-order valence-corrected chi connectivity index (χ0v) is 11.2. The first-order valence-corrected chi connectivity index (χ1v) is 6.60. The summed E-state index contributed by atoms with van der Waals surface area (Å²) >= 11 is 0. The molecule has 1 aliphatic carbocycles. The van der Waals surface area contributed by atoms with Gasteiger partial charge in [-0.15, -0.1) is 20.4 Å². The highest BCUT2D eigenvalue weighted by atomic mass is 15.5. The Kier molecular flexibility index (Phi) is 3.10. The highest BCUT2D eigenvalue weighted by molar-refractivity contribution is 5.24. The van der Waals surface area contributed by atoms with E-state index in [9.17, 15) is 0 Å². The fraction of sp³-hybridized carbons (Fsp3) is 0.583. The van der Waals surface area contributed by atoms with E-state index < -0.39 is 0 Å². The van der Waals surface area contributed by atoms with E-state index in [0.717, 1.165) is 11.4 Å². The molecule has 7 nitrogen and oxygen atoms in total. The van der Waals surface area contributed by atoms with Crippen molar-refractivity contribution in [2.75, 3.05) is 5.32 Å². The number of nitrogens with one attached hydrogen (secondary N) is 1. The minimum Gasteiger partial charge on any atom is -0.349 e. The summed E-state index contributed by atoms with van der Waals surface area (Å²) in [5.41, 5.74) is 1.90. The zero-order valence-electron chi connectivity index (χ0n) is 11.2. The fourth-order valence-electron chi connectivity index (χ4n) is 2.45. The van der Waals surface area contributed by atoms with Crippen LogP contribution in [0, 0.1) is 13.8 Å². The molecule has 3 rings (SSSR count). The molecule has 0 bridgehead atoms. The predicted octanol–water partition coefficient (Wildman–Crippen LogP) is 1.42. The lowest BCUT2D eigenvalue weighted by molar-refractivity contribution is 0.688. The van der Waals surface area contributed by atoms with Gasteiger partial charge in [0.25, 0.3) is 11.9 Å². The van der Waals surface area contributed by atoms with Crippen molar-refractivity contribution in [1.29, 1.82) is 0 Å². The Hall–Kier alpha value is -2.05. The van der Waals surface area contributed by atoms with Crippen LogP contribution < -0.4 is 5.32 Å². The Balaban J connectivity index is 1.76. The highest BCUT2D eigenvalue weighted by Crippen LogP contribution is 2.20. The van der Waals surface area contributed by atoms with Gasteiger partial charge >= 0.3 is 0 Å². The third kappa shape index (κ3) is 2.54. The van der Waals surface area contributed by atoms with Gasteiger partial charge in [-0.1, -0.05) is 12.8 Å². The van der Waals surface area contributed by atoms with Crippen molar-refractivity contribution in [3.8, 4) is 5.95 Å². The first-order chi connectivity index (χ1) is 9.22. The van der Waals surface area contributed by atoms with Crippen molar-refractivity contribution in [2.45, 2.75) is 45.6 Å². The lowest BCUT2D eigenvalue weighted by Gasteiger charge is -2.10. The molecule has 2 aromatic heterocycles. The van der Waals surface area contributed by atoms with E-state index in [1.807, 2.05) is 19.9 Å². The molecule has 1 N–H and O–H groups in total. The van der Waals surface area contributed by atoms with Gasteiger partial charge in [-0.2, -0.15) is 5.10 Å². The van der Waals surface area contributed by atoms with Gasteiger partial charge in [-0.3, -0.25) is 0 Å². The number of aromatic nitrogens is 6. The molecule has 0 radical (unpaired) electrons. The molecule has 2 heterocycles. The first kappa shape index (κ1) is 12.0. The van der Waals surface area contributed by atoms with Crippen LogP contribution >= 0.6 is 0 Å². The van der Waals surface area contributed by atoms with Crippen LogP contribution in [0.3, 0.4) is 0 Å². The Morgan fingerprint density at radius 1 is 1.11 bits per heavy atom. The quantitative estimate of drug-likeness (QED) is 0.897. The summed E-state index contributed by atoms with van der Waals surface area (Å²) in [7, 11) is 0.